The Labute approximate surface area is 146 Å². The lowest BCUT2D eigenvalue weighted by Gasteiger charge is -2.10. The first-order valence-electron chi connectivity index (χ1n) is 7.07. The van der Waals surface area contributed by atoms with E-state index in [-0.39, 0.29) is 17.7 Å². The van der Waals surface area contributed by atoms with Crippen molar-refractivity contribution in [1.29, 1.82) is 0 Å². The van der Waals surface area contributed by atoms with Crippen molar-refractivity contribution in [1.82, 2.24) is 10.2 Å². The Morgan fingerprint density at radius 2 is 2.12 bits per heavy atom. The maximum absolute atomic E-state index is 12.2. The van der Waals surface area contributed by atoms with Crippen LogP contribution < -0.4 is 10.1 Å². The van der Waals surface area contributed by atoms with Gasteiger partial charge >= 0.3 is 0 Å². The van der Waals surface area contributed by atoms with Crippen LogP contribution in [0.5, 0.6) is 5.19 Å². The number of nitrogens with one attached hydrogen (secondary N) is 1. The van der Waals surface area contributed by atoms with Crippen LogP contribution in [0, 0.1) is 10.1 Å². The van der Waals surface area contributed by atoms with Gasteiger partial charge in [-0.05, 0) is 38.2 Å². The molecule has 128 valence electrons. The molecule has 1 aromatic carbocycles. The molecular weight excluding hydrogens is 352 g/mol. The van der Waals surface area contributed by atoms with E-state index < -0.39 is 10.2 Å². The third-order valence-corrected chi connectivity index (χ3v) is 4.69. The fraction of sp³-hybridized carbons (Fsp3) is 0.357. The number of aromatic nitrogens is 2. The Morgan fingerprint density at radius 1 is 1.38 bits per heavy atom. The molecule has 0 spiro atoms. The largest absolute Gasteiger partial charge is 0.466 e. The van der Waals surface area contributed by atoms with Crippen LogP contribution in [0.2, 0.25) is 0 Å². The van der Waals surface area contributed by atoms with Gasteiger partial charge < -0.3 is 10.1 Å². The minimum Gasteiger partial charge on any atom is -0.466 e. The summed E-state index contributed by atoms with van der Waals surface area (Å²) >= 11 is 2.52. The Morgan fingerprint density at radius 3 is 2.79 bits per heavy atom. The van der Waals surface area contributed by atoms with Crippen LogP contribution in [0.25, 0.3) is 0 Å². The standard InChI is InChI=1S/C14H16N4O4S2/c1-8(2)22-13-16-17-14(24-13)23-9(3)12(19)15-10-5-4-6-11(7-10)18(20)21/h4-9H,1-3H3,(H,15,19). The van der Waals surface area contributed by atoms with Gasteiger partial charge in [0.15, 0.2) is 4.34 Å². The molecule has 1 N–H and O–H groups in total. The lowest BCUT2D eigenvalue weighted by atomic mass is 10.2. The van der Waals surface area contributed by atoms with Gasteiger partial charge in [0.05, 0.1) is 16.3 Å². The zero-order valence-corrected chi connectivity index (χ0v) is 14.9. The molecule has 1 aromatic heterocycles. The maximum Gasteiger partial charge on any atom is 0.295 e. The minimum atomic E-state index is -0.509. The second kappa shape index (κ2) is 8.06. The molecule has 0 radical (unpaired) electrons. The van der Waals surface area contributed by atoms with Crippen molar-refractivity contribution in [2.45, 2.75) is 36.5 Å². The molecule has 0 aliphatic rings. The van der Waals surface area contributed by atoms with E-state index in [9.17, 15) is 14.9 Å². The summed E-state index contributed by atoms with van der Waals surface area (Å²) in [5.41, 5.74) is 0.301. The first kappa shape index (κ1) is 18.1. The fourth-order valence-corrected chi connectivity index (χ4v) is 3.59. The summed E-state index contributed by atoms with van der Waals surface area (Å²) in [5, 5.41) is 21.3. The van der Waals surface area contributed by atoms with Gasteiger partial charge in [-0.25, -0.2) is 0 Å². The van der Waals surface area contributed by atoms with Gasteiger partial charge in [-0.2, -0.15) is 0 Å². The molecule has 1 atom stereocenters. The van der Waals surface area contributed by atoms with Gasteiger partial charge in [-0.15, -0.1) is 5.10 Å². The molecule has 8 nitrogen and oxygen atoms in total. The van der Waals surface area contributed by atoms with Crippen molar-refractivity contribution in [3.8, 4) is 5.19 Å². The van der Waals surface area contributed by atoms with Gasteiger partial charge in [-0.1, -0.05) is 22.9 Å². The van der Waals surface area contributed by atoms with E-state index in [1.807, 2.05) is 13.8 Å². The van der Waals surface area contributed by atoms with Crippen molar-refractivity contribution in [3.05, 3.63) is 34.4 Å². The quantitative estimate of drug-likeness (QED) is 0.453. The van der Waals surface area contributed by atoms with Crippen LogP contribution in [0.1, 0.15) is 20.8 Å². The molecule has 1 heterocycles. The summed E-state index contributed by atoms with van der Waals surface area (Å²) in [6, 6.07) is 5.80. The zero-order valence-electron chi connectivity index (χ0n) is 13.3. The van der Waals surface area contributed by atoms with Crippen molar-refractivity contribution in [2.24, 2.45) is 0 Å². The maximum atomic E-state index is 12.2. The second-order valence-electron chi connectivity index (χ2n) is 5.06. The number of nitro groups is 1. The number of nitro benzene ring substituents is 1. The SMILES string of the molecule is CC(C)Oc1nnc(SC(C)C(=O)Nc2cccc([N+](=O)[O-])c2)s1. The molecule has 2 aromatic rings. The van der Waals surface area contributed by atoms with E-state index in [0.717, 1.165) is 0 Å². The lowest BCUT2D eigenvalue weighted by molar-refractivity contribution is -0.384. The topological polar surface area (TPSA) is 107 Å². The van der Waals surface area contributed by atoms with E-state index in [1.165, 1.54) is 41.3 Å². The number of hydrogen-bond donors (Lipinski definition) is 1. The molecule has 0 fully saturated rings. The lowest BCUT2D eigenvalue weighted by Crippen LogP contribution is -2.22. The van der Waals surface area contributed by atoms with Gasteiger partial charge in [-0.3, -0.25) is 14.9 Å². The Bertz CT molecular complexity index is 735. The van der Waals surface area contributed by atoms with Crippen LogP contribution in [-0.2, 0) is 4.79 Å². The van der Waals surface area contributed by atoms with E-state index in [0.29, 0.717) is 15.2 Å². The van der Waals surface area contributed by atoms with Crippen molar-refractivity contribution in [2.75, 3.05) is 5.32 Å². The Hall–Kier alpha value is -2.20. The highest BCUT2D eigenvalue weighted by molar-refractivity contribution is 8.02. The molecular formula is C14H16N4O4S2. The van der Waals surface area contributed by atoms with E-state index in [2.05, 4.69) is 15.5 Å². The number of amides is 1. The summed E-state index contributed by atoms with van der Waals surface area (Å²) in [6.07, 6.45) is 0.00499. The molecule has 0 aliphatic heterocycles. The first-order chi connectivity index (χ1) is 11.3. The molecule has 1 unspecified atom stereocenters. The summed E-state index contributed by atoms with van der Waals surface area (Å²) in [5.74, 6) is -0.276. The van der Waals surface area contributed by atoms with Crippen LogP contribution >= 0.6 is 23.1 Å². The number of carbonyl (C=O) groups excluding carboxylic acids is 1. The third kappa shape index (κ3) is 5.17. The molecule has 0 bridgehead atoms. The molecule has 0 saturated carbocycles. The highest BCUT2D eigenvalue weighted by atomic mass is 32.2. The number of hydrogen-bond acceptors (Lipinski definition) is 8. The second-order valence-corrected chi connectivity index (χ2v) is 7.59. The smallest absolute Gasteiger partial charge is 0.295 e. The fourth-order valence-electron chi connectivity index (χ4n) is 1.64. The minimum absolute atomic E-state index is 0.00499. The summed E-state index contributed by atoms with van der Waals surface area (Å²) < 4.78 is 6.05. The molecule has 2 rings (SSSR count). The van der Waals surface area contributed by atoms with Gasteiger partial charge in [0.1, 0.15) is 0 Å². The molecule has 1 amide bonds. The van der Waals surface area contributed by atoms with Crippen LogP contribution in [0.4, 0.5) is 11.4 Å². The van der Waals surface area contributed by atoms with Crippen LogP contribution in [0.15, 0.2) is 28.6 Å². The third-order valence-electron chi connectivity index (χ3n) is 2.70. The predicted octanol–water partition coefficient (Wildman–Crippen LogP) is 3.35. The number of thioether (sulfide) groups is 1. The van der Waals surface area contributed by atoms with E-state index in [1.54, 1.807) is 13.0 Å². The average molecular weight is 368 g/mol. The number of benzene rings is 1. The monoisotopic (exact) mass is 368 g/mol. The van der Waals surface area contributed by atoms with E-state index in [4.69, 9.17) is 4.74 Å². The van der Waals surface area contributed by atoms with Gasteiger partial charge in [0.25, 0.3) is 10.9 Å². The zero-order chi connectivity index (χ0) is 17.7. The number of rotatable bonds is 7. The highest BCUT2D eigenvalue weighted by Crippen LogP contribution is 2.31. The van der Waals surface area contributed by atoms with Gasteiger partial charge in [0.2, 0.25) is 5.91 Å². The Kier molecular flexibility index (Phi) is 6.10. The van der Waals surface area contributed by atoms with Gasteiger partial charge in [0, 0.05) is 17.8 Å². The molecule has 10 heteroatoms. The van der Waals surface area contributed by atoms with Crippen LogP contribution in [0.3, 0.4) is 0 Å². The molecule has 0 saturated heterocycles. The van der Waals surface area contributed by atoms with Crippen molar-refractivity contribution in [3.63, 3.8) is 0 Å². The molecule has 0 aliphatic carbocycles. The summed E-state index contributed by atoms with van der Waals surface area (Å²) in [7, 11) is 0. The molecule has 24 heavy (non-hydrogen) atoms. The van der Waals surface area contributed by atoms with Crippen molar-refractivity contribution < 1.29 is 14.5 Å². The Balaban J connectivity index is 1.96. The summed E-state index contributed by atoms with van der Waals surface area (Å²) in [6.45, 7) is 5.51. The number of anilines is 1. The van der Waals surface area contributed by atoms with Crippen LogP contribution in [-0.4, -0.2) is 32.4 Å². The summed E-state index contributed by atoms with van der Waals surface area (Å²) in [4.78, 5) is 22.5. The number of nitrogens with zero attached hydrogens (tertiary/aromatic N) is 3. The normalized spacial score (nSPS) is 12.0. The first-order valence-corrected chi connectivity index (χ1v) is 8.77. The highest BCUT2D eigenvalue weighted by Gasteiger charge is 2.18. The van der Waals surface area contributed by atoms with Crippen molar-refractivity contribution >= 4 is 40.4 Å². The number of ether oxygens (including phenoxy) is 1. The van der Waals surface area contributed by atoms with E-state index >= 15 is 0 Å². The number of non-ortho nitro benzene ring substituents is 1. The predicted molar refractivity (Wildman–Crippen MR) is 92.7 cm³/mol. The number of carbonyl (C=O) groups is 1. The average Bonchev–Trinajstić information content (AvgIpc) is 2.93.